The zero-order chi connectivity index (χ0) is 11.3. The van der Waals surface area contributed by atoms with Crippen LogP contribution in [0.4, 0.5) is 4.79 Å². The average Bonchev–Trinajstić information content (AvgIpc) is 2.17. The summed E-state index contributed by atoms with van der Waals surface area (Å²) >= 11 is 0. The Kier molecular flexibility index (Phi) is 3.68. The van der Waals surface area contributed by atoms with E-state index < -0.39 is 6.09 Å². The van der Waals surface area contributed by atoms with E-state index in [2.05, 4.69) is 10.5 Å². The molecule has 0 spiro atoms. The van der Waals surface area contributed by atoms with E-state index in [1.807, 2.05) is 0 Å². The molecule has 0 aliphatic rings. The van der Waals surface area contributed by atoms with E-state index in [1.165, 1.54) is 6.21 Å². The van der Waals surface area contributed by atoms with Gasteiger partial charge in [-0.25, -0.2) is 4.79 Å². The Morgan fingerprint density at radius 3 is 2.93 bits per heavy atom. The molecule has 0 saturated heterocycles. The van der Waals surface area contributed by atoms with Crippen molar-refractivity contribution >= 4 is 12.3 Å². The van der Waals surface area contributed by atoms with Gasteiger partial charge in [-0.05, 0) is 24.1 Å². The van der Waals surface area contributed by atoms with Crippen molar-refractivity contribution in [1.82, 2.24) is 5.32 Å². The molecule has 1 rings (SSSR count). The third-order valence-corrected chi connectivity index (χ3v) is 1.96. The first-order chi connectivity index (χ1) is 7.13. The summed E-state index contributed by atoms with van der Waals surface area (Å²) in [6.45, 7) is 1.74. The predicted molar refractivity (Wildman–Crippen MR) is 55.4 cm³/mol. The Morgan fingerprint density at radius 2 is 2.33 bits per heavy atom. The van der Waals surface area contributed by atoms with Gasteiger partial charge in [0.1, 0.15) is 0 Å². The van der Waals surface area contributed by atoms with Gasteiger partial charge in [0.2, 0.25) is 0 Å². The van der Waals surface area contributed by atoms with Crippen LogP contribution >= 0.6 is 0 Å². The summed E-state index contributed by atoms with van der Waals surface area (Å²) in [4.78, 5) is 10.4. The van der Waals surface area contributed by atoms with Crippen molar-refractivity contribution < 1.29 is 15.1 Å². The lowest BCUT2D eigenvalue weighted by atomic mass is 10.1. The fraction of sp³-hybridized carbons (Fsp3) is 0.200. The van der Waals surface area contributed by atoms with Gasteiger partial charge < -0.3 is 15.6 Å². The van der Waals surface area contributed by atoms with Crippen molar-refractivity contribution in [2.24, 2.45) is 5.16 Å². The van der Waals surface area contributed by atoms with Gasteiger partial charge in [0.25, 0.3) is 0 Å². The number of carboxylic acid groups (broad SMARTS) is 1. The number of rotatable bonds is 3. The normalized spacial score (nSPS) is 12.6. The third-order valence-electron chi connectivity index (χ3n) is 1.96. The molecule has 0 bridgehead atoms. The molecule has 1 aromatic carbocycles. The fourth-order valence-electron chi connectivity index (χ4n) is 1.24. The SMILES string of the molecule is CC(NC(=O)O)c1cccc(/C=N\O)c1. The van der Waals surface area contributed by atoms with Crippen LogP contribution in [0.25, 0.3) is 0 Å². The lowest BCUT2D eigenvalue weighted by Crippen LogP contribution is -2.24. The first kappa shape index (κ1) is 11.0. The largest absolute Gasteiger partial charge is 0.465 e. The van der Waals surface area contributed by atoms with Gasteiger partial charge in [0.15, 0.2) is 0 Å². The van der Waals surface area contributed by atoms with Crippen LogP contribution in [0.2, 0.25) is 0 Å². The van der Waals surface area contributed by atoms with Crippen LogP contribution in [-0.4, -0.2) is 22.6 Å². The standard InChI is InChI=1S/C10H12N2O3/c1-7(12-10(13)14)9-4-2-3-8(5-9)6-11-15/h2-7,12,15H,1H3,(H,13,14)/b11-6-. The highest BCUT2D eigenvalue weighted by molar-refractivity contribution is 5.79. The van der Waals surface area contributed by atoms with Crippen LogP contribution in [0.3, 0.4) is 0 Å². The minimum atomic E-state index is -1.07. The Hall–Kier alpha value is -2.04. The van der Waals surface area contributed by atoms with E-state index in [-0.39, 0.29) is 6.04 Å². The molecule has 0 saturated carbocycles. The lowest BCUT2D eigenvalue weighted by Gasteiger charge is -2.11. The monoisotopic (exact) mass is 208 g/mol. The van der Waals surface area contributed by atoms with Gasteiger partial charge in [-0.2, -0.15) is 0 Å². The average molecular weight is 208 g/mol. The van der Waals surface area contributed by atoms with Crippen LogP contribution < -0.4 is 5.32 Å². The van der Waals surface area contributed by atoms with Gasteiger partial charge in [-0.15, -0.1) is 0 Å². The summed E-state index contributed by atoms with van der Waals surface area (Å²) in [6.07, 6.45) is 0.223. The molecule has 1 unspecified atom stereocenters. The Morgan fingerprint density at radius 1 is 1.60 bits per heavy atom. The molecule has 1 aromatic rings. The number of hydrogen-bond acceptors (Lipinski definition) is 3. The number of benzene rings is 1. The van der Waals surface area contributed by atoms with E-state index >= 15 is 0 Å². The molecular weight excluding hydrogens is 196 g/mol. The maximum atomic E-state index is 10.4. The van der Waals surface area contributed by atoms with Crippen LogP contribution in [-0.2, 0) is 0 Å². The van der Waals surface area contributed by atoms with Gasteiger partial charge in [0.05, 0.1) is 12.3 Å². The van der Waals surface area contributed by atoms with Crippen LogP contribution in [0, 0.1) is 0 Å². The highest BCUT2D eigenvalue weighted by atomic mass is 16.4. The van der Waals surface area contributed by atoms with Crippen molar-refractivity contribution in [2.45, 2.75) is 13.0 Å². The molecule has 0 aliphatic carbocycles. The molecule has 0 aromatic heterocycles. The van der Waals surface area contributed by atoms with Crippen molar-refractivity contribution in [3.05, 3.63) is 35.4 Å². The molecule has 3 N–H and O–H groups in total. The number of carbonyl (C=O) groups is 1. The number of nitrogens with zero attached hydrogens (tertiary/aromatic N) is 1. The number of hydrogen-bond donors (Lipinski definition) is 3. The molecule has 1 amide bonds. The molecule has 1 atom stereocenters. The number of nitrogens with one attached hydrogen (secondary N) is 1. The zero-order valence-corrected chi connectivity index (χ0v) is 8.21. The summed E-state index contributed by atoms with van der Waals surface area (Å²) in [5.41, 5.74) is 1.53. The fourth-order valence-corrected chi connectivity index (χ4v) is 1.24. The molecular formula is C10H12N2O3. The van der Waals surface area contributed by atoms with E-state index in [0.717, 1.165) is 5.56 Å². The van der Waals surface area contributed by atoms with Crippen LogP contribution in [0.1, 0.15) is 24.1 Å². The highest BCUT2D eigenvalue weighted by Crippen LogP contribution is 2.13. The second-order valence-electron chi connectivity index (χ2n) is 3.09. The molecule has 0 fully saturated rings. The molecule has 5 nitrogen and oxygen atoms in total. The van der Waals surface area contributed by atoms with Gasteiger partial charge in [-0.3, -0.25) is 0 Å². The quantitative estimate of drug-likeness (QED) is 0.402. The van der Waals surface area contributed by atoms with Gasteiger partial charge in [-0.1, -0.05) is 23.4 Å². The molecule has 0 aliphatic heterocycles. The summed E-state index contributed by atoms with van der Waals surface area (Å²) in [6, 6.07) is 6.79. The van der Waals surface area contributed by atoms with E-state index in [4.69, 9.17) is 10.3 Å². The van der Waals surface area contributed by atoms with Crippen LogP contribution in [0.5, 0.6) is 0 Å². The highest BCUT2D eigenvalue weighted by Gasteiger charge is 2.07. The van der Waals surface area contributed by atoms with Crippen molar-refractivity contribution in [1.29, 1.82) is 0 Å². The summed E-state index contributed by atoms with van der Waals surface area (Å²) in [5, 5.41) is 22.1. The topological polar surface area (TPSA) is 81.9 Å². The van der Waals surface area contributed by atoms with Crippen molar-refractivity contribution in [3.8, 4) is 0 Å². The number of oxime groups is 1. The Bertz CT molecular complexity index is 377. The first-order valence-electron chi connectivity index (χ1n) is 4.40. The third kappa shape index (κ3) is 3.30. The second-order valence-corrected chi connectivity index (χ2v) is 3.09. The smallest absolute Gasteiger partial charge is 0.405 e. The molecule has 0 heterocycles. The second kappa shape index (κ2) is 4.99. The molecule has 80 valence electrons. The Balaban J connectivity index is 2.84. The van der Waals surface area contributed by atoms with E-state index in [9.17, 15) is 4.79 Å². The van der Waals surface area contributed by atoms with Crippen molar-refractivity contribution in [2.75, 3.05) is 0 Å². The Labute approximate surface area is 87.0 Å². The minimum absolute atomic E-state index is 0.297. The summed E-state index contributed by atoms with van der Waals surface area (Å²) in [7, 11) is 0. The molecule has 5 heteroatoms. The van der Waals surface area contributed by atoms with Gasteiger partial charge in [0, 0.05) is 0 Å². The van der Waals surface area contributed by atoms with Crippen LogP contribution in [0.15, 0.2) is 29.4 Å². The number of amides is 1. The zero-order valence-electron chi connectivity index (χ0n) is 8.21. The summed E-state index contributed by atoms with van der Waals surface area (Å²) < 4.78 is 0. The lowest BCUT2D eigenvalue weighted by molar-refractivity contribution is 0.191. The summed E-state index contributed by atoms with van der Waals surface area (Å²) in [5.74, 6) is 0. The van der Waals surface area contributed by atoms with E-state index in [0.29, 0.717) is 5.56 Å². The first-order valence-corrected chi connectivity index (χ1v) is 4.40. The molecule has 15 heavy (non-hydrogen) atoms. The van der Waals surface area contributed by atoms with E-state index in [1.54, 1.807) is 31.2 Å². The molecule has 0 radical (unpaired) electrons. The van der Waals surface area contributed by atoms with Gasteiger partial charge >= 0.3 is 6.09 Å². The maximum Gasteiger partial charge on any atom is 0.405 e. The maximum absolute atomic E-state index is 10.4. The van der Waals surface area contributed by atoms with Crippen molar-refractivity contribution in [3.63, 3.8) is 0 Å². The predicted octanol–water partition coefficient (Wildman–Crippen LogP) is 1.82. The minimum Gasteiger partial charge on any atom is -0.465 e.